The number of nitrogens with zero attached hydrogens (tertiary/aromatic N) is 8. The van der Waals surface area contributed by atoms with Gasteiger partial charge in [-0.25, -0.2) is 28.9 Å². The van der Waals surface area contributed by atoms with Crippen molar-refractivity contribution in [1.29, 1.82) is 5.26 Å². The molecule has 4 aromatic heterocycles. The lowest BCUT2D eigenvalue weighted by Crippen LogP contribution is -2.32. The number of carbonyl (C=O) groups is 2. The first kappa shape index (κ1) is 41.6. The van der Waals surface area contributed by atoms with Crippen molar-refractivity contribution in [2.24, 2.45) is 5.92 Å². The number of fused-ring (bicyclic) bond motifs is 6. The zero-order valence-corrected chi connectivity index (χ0v) is 34.0. The predicted octanol–water partition coefficient (Wildman–Crippen LogP) is 4.18. The van der Waals surface area contributed by atoms with Crippen molar-refractivity contribution in [1.82, 2.24) is 39.0 Å². The Balaban J connectivity index is 1.24. The van der Waals surface area contributed by atoms with Crippen molar-refractivity contribution in [3.05, 3.63) is 64.7 Å². The van der Waals surface area contributed by atoms with Crippen LogP contribution in [0.5, 0.6) is 0 Å². The monoisotopic (exact) mass is 877 g/mol. The average Bonchev–Trinajstić information content (AvgIpc) is 3.87. The van der Waals surface area contributed by atoms with Gasteiger partial charge in [0.15, 0.2) is 40.5 Å². The van der Waals surface area contributed by atoms with Crippen molar-refractivity contribution < 1.29 is 45.9 Å². The molecule has 0 saturated carbocycles. The topological polar surface area (TPSA) is 262 Å². The van der Waals surface area contributed by atoms with Crippen LogP contribution in [0.1, 0.15) is 42.7 Å². The van der Waals surface area contributed by atoms with Crippen LogP contribution in [0.15, 0.2) is 47.8 Å². The lowest BCUT2D eigenvalue weighted by atomic mass is 10.1. The number of anilines is 2. The van der Waals surface area contributed by atoms with Gasteiger partial charge in [-0.05, 0) is 23.9 Å². The van der Waals surface area contributed by atoms with E-state index in [9.17, 15) is 18.9 Å². The number of amides is 2. The van der Waals surface area contributed by atoms with Crippen molar-refractivity contribution in [2.75, 3.05) is 30.5 Å². The van der Waals surface area contributed by atoms with Crippen LogP contribution in [0.4, 0.5) is 16.2 Å². The maximum absolute atomic E-state index is 16.6. The Kier molecular flexibility index (Phi) is 12.5. The molecule has 26 heteroatoms. The SMILES string of the molecule is CC(C)C(=O)Nc1nc2c(nc3n2CCOP(=S)(OCCC#N)OC[C@H]2O[C@@H](n4cnc5c(NC(=O)c6ccccc6)ncnc54)[C@H](OP(=O)(S)OC3)[C@@H]2F)c(=O)[nH]1. The highest BCUT2D eigenvalue weighted by molar-refractivity contribution is 8.44. The molecule has 58 heavy (non-hydrogen) atoms. The second-order valence-electron chi connectivity index (χ2n) is 12.9. The number of H-pyrrole nitrogens is 1. The average molecular weight is 878 g/mol. The first-order chi connectivity index (χ1) is 27.8. The number of carbonyl (C=O) groups excluding carboxylic acids is 2. The Morgan fingerprint density at radius 1 is 1.14 bits per heavy atom. The van der Waals surface area contributed by atoms with Gasteiger partial charge < -0.3 is 28.2 Å². The molecule has 5 aromatic rings. The Hall–Kier alpha value is -4.53. The molecule has 1 aromatic carbocycles. The van der Waals surface area contributed by atoms with E-state index in [4.69, 9.17) is 44.4 Å². The predicted molar refractivity (Wildman–Crippen MR) is 209 cm³/mol. The quantitative estimate of drug-likeness (QED) is 0.0968. The number of thiol groups is 1. The van der Waals surface area contributed by atoms with Crippen LogP contribution in [0.3, 0.4) is 0 Å². The summed E-state index contributed by atoms with van der Waals surface area (Å²) < 4.78 is 68.3. The van der Waals surface area contributed by atoms with Gasteiger partial charge in [0.2, 0.25) is 11.9 Å². The van der Waals surface area contributed by atoms with Crippen LogP contribution in [-0.2, 0) is 61.7 Å². The molecule has 2 amide bonds. The third-order valence-corrected chi connectivity index (χ3v) is 12.7. The number of hydrogen-bond donors (Lipinski definition) is 4. The fourth-order valence-corrected chi connectivity index (χ4v) is 9.00. The number of imidazole rings is 2. The molecule has 2 aliphatic rings. The van der Waals surface area contributed by atoms with E-state index in [2.05, 4.69) is 52.8 Å². The first-order valence-corrected chi connectivity index (χ1v) is 22.7. The van der Waals surface area contributed by atoms with Gasteiger partial charge in [-0.1, -0.05) is 44.3 Å². The van der Waals surface area contributed by atoms with Gasteiger partial charge in [-0.15, -0.1) is 0 Å². The van der Waals surface area contributed by atoms with Crippen LogP contribution in [-0.4, -0.2) is 89.1 Å². The number of halogens is 1. The van der Waals surface area contributed by atoms with E-state index in [1.807, 2.05) is 6.07 Å². The minimum absolute atomic E-state index is 0.00602. The van der Waals surface area contributed by atoms with Crippen LogP contribution >= 0.6 is 25.8 Å². The number of nitrogens with one attached hydrogen (secondary N) is 3. The maximum Gasteiger partial charge on any atom is 0.387 e. The van der Waals surface area contributed by atoms with Crippen molar-refractivity contribution in [3.8, 4) is 6.07 Å². The Morgan fingerprint density at radius 2 is 1.93 bits per heavy atom. The number of rotatable bonds is 8. The Labute approximate surface area is 337 Å². The standard InChI is InChI=1S/C32H34FN11O10P2S2/c1-17(2)28(45)41-32-40-27-23(30(47)42-32)38-20-14-51-55(48,57)54-24-21(33)19(13-52-56(58,49-11-6-9-34)50-12-10-43(20)27)53-31(24)44-16-37-22-25(35-15-36-26(22)44)39-29(46)18-7-4-3-5-8-18/h3-5,7-8,15-17,19,21,24,31H,6,10-14H2,1-2H3,(H,48,57)(H,35,36,39,46)(H2,40,41,42,45,47)/t19-,21-,24-,31-,55?,56?/m1/s1. The molecular formula is C32H34FN11O10P2S2. The van der Waals surface area contributed by atoms with Crippen LogP contribution in [0.25, 0.3) is 22.3 Å². The summed E-state index contributed by atoms with van der Waals surface area (Å²) in [4.78, 5) is 62.5. The van der Waals surface area contributed by atoms with Gasteiger partial charge in [0.1, 0.15) is 31.0 Å². The smallest absolute Gasteiger partial charge is 0.346 e. The second-order valence-corrected chi connectivity index (χ2v) is 18.8. The molecule has 1 fully saturated rings. The molecule has 3 N–H and O–H groups in total. The van der Waals surface area contributed by atoms with E-state index >= 15 is 4.39 Å². The van der Waals surface area contributed by atoms with Crippen molar-refractivity contribution >= 4 is 83.5 Å². The van der Waals surface area contributed by atoms with Gasteiger partial charge in [0.25, 0.3) is 11.5 Å². The molecule has 6 heterocycles. The summed E-state index contributed by atoms with van der Waals surface area (Å²) in [6.07, 6.45) is -4.34. The lowest BCUT2D eigenvalue weighted by Gasteiger charge is -2.24. The third-order valence-electron chi connectivity index (χ3n) is 8.65. The van der Waals surface area contributed by atoms with Crippen LogP contribution in [0, 0.1) is 17.2 Å². The highest BCUT2D eigenvalue weighted by atomic mass is 32.7. The Bertz CT molecular complexity index is 2550. The Morgan fingerprint density at radius 3 is 2.69 bits per heavy atom. The molecule has 6 atom stereocenters. The fourth-order valence-electron chi connectivity index (χ4n) is 5.83. The minimum Gasteiger partial charge on any atom is -0.346 e. The normalized spacial score (nSPS) is 25.4. The van der Waals surface area contributed by atoms with E-state index in [-0.39, 0.29) is 66.1 Å². The molecular weight excluding hydrogens is 843 g/mol. The summed E-state index contributed by atoms with van der Waals surface area (Å²) in [6.45, 7) is -6.65. The molecule has 0 radical (unpaired) electrons. The summed E-state index contributed by atoms with van der Waals surface area (Å²) in [6, 6.07) is 10.3. The second kappa shape index (κ2) is 17.4. The number of alkyl halides is 1. The van der Waals surface area contributed by atoms with E-state index in [1.54, 1.807) is 44.2 Å². The van der Waals surface area contributed by atoms with Crippen molar-refractivity contribution in [2.45, 2.75) is 58.0 Å². The highest BCUT2D eigenvalue weighted by Crippen LogP contribution is 2.58. The van der Waals surface area contributed by atoms with E-state index in [0.717, 1.165) is 6.33 Å². The van der Waals surface area contributed by atoms with Crippen LogP contribution < -0.4 is 16.2 Å². The molecule has 0 aliphatic carbocycles. The fraction of sp³-hybridized carbons (Fsp3) is 0.406. The van der Waals surface area contributed by atoms with Gasteiger partial charge in [-0.2, -0.15) is 10.2 Å². The van der Waals surface area contributed by atoms with Gasteiger partial charge in [-0.3, -0.25) is 38.3 Å². The number of benzene rings is 1. The van der Waals surface area contributed by atoms with Gasteiger partial charge in [0, 0.05) is 18.0 Å². The molecule has 2 unspecified atom stereocenters. The number of hydrogen-bond acceptors (Lipinski definition) is 17. The molecule has 0 spiro atoms. The minimum atomic E-state index is -4.52. The van der Waals surface area contributed by atoms with E-state index in [1.165, 1.54) is 15.5 Å². The zero-order chi connectivity index (χ0) is 41.2. The lowest BCUT2D eigenvalue weighted by molar-refractivity contribution is -0.118. The van der Waals surface area contributed by atoms with Gasteiger partial charge >= 0.3 is 13.5 Å². The highest BCUT2D eigenvalue weighted by Gasteiger charge is 2.51. The number of nitriles is 1. The van der Waals surface area contributed by atoms with Crippen LogP contribution in [0.2, 0.25) is 0 Å². The first-order valence-electron chi connectivity index (χ1n) is 17.5. The third kappa shape index (κ3) is 9.03. The molecule has 2 aliphatic heterocycles. The van der Waals surface area contributed by atoms with Crippen molar-refractivity contribution in [3.63, 3.8) is 0 Å². The molecule has 7 rings (SSSR count). The molecule has 21 nitrogen and oxygen atoms in total. The summed E-state index contributed by atoms with van der Waals surface area (Å²) in [5.74, 6) is -1.45. The maximum atomic E-state index is 16.6. The largest absolute Gasteiger partial charge is 0.387 e. The summed E-state index contributed by atoms with van der Waals surface area (Å²) in [5.41, 5.74) is -0.335. The van der Waals surface area contributed by atoms with E-state index < -0.39 is 74.6 Å². The number of aromatic nitrogens is 8. The molecule has 2 bridgehead atoms. The number of ether oxygens (including phenoxy) is 1. The van der Waals surface area contributed by atoms with E-state index in [0.29, 0.717) is 5.56 Å². The zero-order valence-electron chi connectivity index (χ0n) is 30.5. The summed E-state index contributed by atoms with van der Waals surface area (Å²) in [7, 11) is 0. The number of aromatic amines is 1. The summed E-state index contributed by atoms with van der Waals surface area (Å²) in [5, 5.41) is 14.4. The summed E-state index contributed by atoms with van der Waals surface area (Å²) >= 11 is 9.81. The van der Waals surface area contributed by atoms with Gasteiger partial charge in [0.05, 0.1) is 38.6 Å². The molecule has 1 saturated heterocycles. The molecule has 306 valence electrons.